The van der Waals surface area contributed by atoms with Crippen molar-refractivity contribution in [2.45, 2.75) is 33.1 Å². The Labute approximate surface area is 291 Å². The van der Waals surface area contributed by atoms with Crippen LogP contribution in [0.4, 0.5) is 22.0 Å². The number of hydrogen-bond acceptors (Lipinski definition) is 8. The van der Waals surface area contributed by atoms with Gasteiger partial charge in [0.15, 0.2) is 0 Å². The van der Waals surface area contributed by atoms with Crippen LogP contribution in [0.25, 0.3) is 16.5 Å². The largest absolute Gasteiger partial charge is 0.497 e. The van der Waals surface area contributed by atoms with Gasteiger partial charge in [-0.2, -0.15) is 14.4 Å². The summed E-state index contributed by atoms with van der Waals surface area (Å²) in [5, 5.41) is 12.3. The molecule has 0 aliphatic heterocycles. The molecule has 0 aliphatic carbocycles. The molecule has 12 heteroatoms. The number of nitrogens with zero attached hydrogens (tertiary/aromatic N) is 5. The Hall–Kier alpha value is -5.75. The quantitative estimate of drug-likeness (QED) is 0.147. The minimum atomic E-state index is -2.35. The first-order valence-electron chi connectivity index (χ1n) is 16.1. The van der Waals surface area contributed by atoms with Crippen molar-refractivity contribution in [1.82, 2.24) is 19.7 Å². The number of aromatic nitrogens is 4. The summed E-state index contributed by atoms with van der Waals surface area (Å²) in [6, 6.07) is 27.9. The Morgan fingerprint density at radius 1 is 0.940 bits per heavy atom. The highest BCUT2D eigenvalue weighted by atomic mass is 32.2. The van der Waals surface area contributed by atoms with Crippen LogP contribution in [0, 0.1) is 6.92 Å². The molecule has 4 aromatic carbocycles. The van der Waals surface area contributed by atoms with E-state index in [2.05, 4.69) is 38.8 Å². The van der Waals surface area contributed by atoms with E-state index in [4.69, 9.17) is 14.6 Å². The normalized spacial score (nSPS) is 11.4. The Morgan fingerprint density at radius 3 is 2.42 bits per heavy atom. The Kier molecular flexibility index (Phi) is 9.82. The van der Waals surface area contributed by atoms with Crippen LogP contribution in [-0.2, 0) is 16.1 Å². The molecule has 0 spiro atoms. The number of carbonyl (C=O) groups is 1. The summed E-state index contributed by atoms with van der Waals surface area (Å²) >= 11 is 0. The van der Waals surface area contributed by atoms with Crippen molar-refractivity contribution >= 4 is 43.7 Å². The van der Waals surface area contributed by atoms with E-state index in [9.17, 15) is 9.00 Å². The Balaban J connectivity index is 1.22. The fourth-order valence-corrected chi connectivity index (χ4v) is 5.99. The predicted octanol–water partition coefficient (Wildman–Crippen LogP) is 8.64. The smallest absolute Gasteiger partial charge is 0.324 e. The summed E-state index contributed by atoms with van der Waals surface area (Å²) in [6.07, 6.45) is 5.19. The van der Waals surface area contributed by atoms with Gasteiger partial charge >= 0.3 is 6.03 Å². The Morgan fingerprint density at radius 2 is 1.70 bits per heavy atom. The first-order valence-corrected chi connectivity index (χ1v) is 18.4. The number of anilines is 2. The van der Waals surface area contributed by atoms with E-state index in [1.807, 2.05) is 73.7 Å². The number of amides is 2. The molecule has 256 valence electrons. The lowest BCUT2D eigenvalue weighted by Crippen LogP contribution is -2.21. The van der Waals surface area contributed by atoms with Crippen LogP contribution in [0.5, 0.6) is 17.4 Å². The number of benzene rings is 4. The van der Waals surface area contributed by atoms with Crippen LogP contribution in [0.2, 0.25) is 0 Å². The molecule has 6 aromatic rings. The summed E-state index contributed by atoms with van der Waals surface area (Å²) in [5.41, 5.74) is 4.89. The highest BCUT2D eigenvalue weighted by Crippen LogP contribution is 2.34. The molecule has 0 bridgehead atoms. The monoisotopic (exact) mass is 689 g/mol. The maximum atomic E-state index is 13.4. The van der Waals surface area contributed by atoms with Crippen molar-refractivity contribution in [3.63, 3.8) is 0 Å². The summed E-state index contributed by atoms with van der Waals surface area (Å²) in [7, 11) is -0.778. The lowest BCUT2D eigenvalue weighted by Gasteiger charge is -2.14. The highest BCUT2D eigenvalue weighted by molar-refractivity contribution is 7.92. The van der Waals surface area contributed by atoms with Crippen LogP contribution < -0.4 is 20.1 Å². The van der Waals surface area contributed by atoms with E-state index in [-0.39, 0.29) is 5.92 Å². The molecule has 0 saturated carbocycles. The van der Waals surface area contributed by atoms with Crippen molar-refractivity contribution in [3.05, 3.63) is 120 Å². The zero-order chi connectivity index (χ0) is 35.4. The van der Waals surface area contributed by atoms with Gasteiger partial charge in [0.2, 0.25) is 5.88 Å². The van der Waals surface area contributed by atoms with Gasteiger partial charge in [-0.25, -0.2) is 18.7 Å². The van der Waals surface area contributed by atoms with Crippen LogP contribution in [0.1, 0.15) is 42.4 Å². The molecule has 2 amide bonds. The molecule has 0 aliphatic rings. The number of rotatable bonds is 10. The lowest BCUT2D eigenvalue weighted by atomic mass is 10.1. The molecule has 2 aromatic heterocycles. The molecule has 50 heavy (non-hydrogen) atoms. The molecule has 2 N–H and O–H groups in total. The van der Waals surface area contributed by atoms with Crippen LogP contribution >= 0.6 is 0 Å². The topological polar surface area (TPSA) is 133 Å². The second kappa shape index (κ2) is 14.4. The maximum absolute atomic E-state index is 13.4. The van der Waals surface area contributed by atoms with Crippen molar-refractivity contribution in [2.75, 3.05) is 30.3 Å². The highest BCUT2D eigenvalue weighted by Gasteiger charge is 2.17. The third-order valence-corrected chi connectivity index (χ3v) is 8.39. The molecule has 0 atom stereocenters. The van der Waals surface area contributed by atoms with Crippen molar-refractivity contribution < 1.29 is 18.5 Å². The van der Waals surface area contributed by atoms with E-state index < -0.39 is 15.8 Å². The lowest BCUT2D eigenvalue weighted by molar-refractivity contribution is 0.262. The number of aryl methyl sites for hydroxylation is 1. The molecule has 11 nitrogen and oxygen atoms in total. The third-order valence-electron chi connectivity index (χ3n) is 7.74. The minimum Gasteiger partial charge on any atom is -0.497 e. The van der Waals surface area contributed by atoms with Crippen LogP contribution in [-0.4, -0.2) is 49.6 Å². The number of fused-ring (bicyclic) bond motifs is 1. The molecule has 0 unspecified atom stereocenters. The number of ether oxygens (including phenoxy) is 2. The first kappa shape index (κ1) is 34.1. The molecule has 0 fully saturated rings. The fourth-order valence-electron chi connectivity index (χ4n) is 5.38. The standard InChI is InChI=1S/C38H39N7O4S/c1-24(2)33-23-36(45(43-33)28-13-11-25(3)12-14-28)42-38(46)40-32-15-16-34(31-10-8-7-9-30(31)32)49-37-17-18-39-35(41-37)21-26-19-27(44-50(5,6)47)22-29(20-26)48-4/h7-20,22-24H,21H2,1-6H3,(H2,40,42,46). The fraction of sp³-hybridized carbons (Fsp3) is 0.211. The molecular formula is C38H39N7O4S. The number of urea groups is 1. The molecule has 0 saturated heterocycles. The van der Waals surface area contributed by atoms with E-state index in [1.54, 1.807) is 54.8 Å². The van der Waals surface area contributed by atoms with E-state index >= 15 is 0 Å². The van der Waals surface area contributed by atoms with Gasteiger partial charge in [-0.3, -0.25) is 5.32 Å². The van der Waals surface area contributed by atoms with E-state index in [1.165, 1.54) is 0 Å². The third kappa shape index (κ3) is 8.27. The van der Waals surface area contributed by atoms with E-state index in [0.717, 1.165) is 33.3 Å². The Bertz CT molecular complexity index is 2300. The number of nitrogens with one attached hydrogen (secondary N) is 2. The second-order valence-electron chi connectivity index (χ2n) is 12.5. The molecule has 6 rings (SSSR count). The second-order valence-corrected chi connectivity index (χ2v) is 15.0. The van der Waals surface area contributed by atoms with Gasteiger partial charge in [0.05, 0.1) is 29.9 Å². The number of hydrogen-bond donors (Lipinski definition) is 2. The minimum absolute atomic E-state index is 0.182. The van der Waals surface area contributed by atoms with Gasteiger partial charge in [0.1, 0.15) is 23.1 Å². The summed E-state index contributed by atoms with van der Waals surface area (Å²) in [6.45, 7) is 6.16. The number of carbonyl (C=O) groups excluding carboxylic acids is 1. The molecule has 2 heterocycles. The van der Waals surface area contributed by atoms with Gasteiger partial charge in [0, 0.05) is 63.8 Å². The van der Waals surface area contributed by atoms with Crippen LogP contribution in [0.15, 0.2) is 102 Å². The molecule has 0 radical (unpaired) electrons. The summed E-state index contributed by atoms with van der Waals surface area (Å²) < 4.78 is 30.1. The number of methoxy groups -OCH3 is 1. The van der Waals surface area contributed by atoms with Gasteiger partial charge in [0.25, 0.3) is 0 Å². The first-order chi connectivity index (χ1) is 23.9. The van der Waals surface area contributed by atoms with E-state index in [0.29, 0.717) is 46.8 Å². The van der Waals surface area contributed by atoms with Crippen molar-refractivity contribution in [3.8, 4) is 23.1 Å². The van der Waals surface area contributed by atoms with Gasteiger partial charge < -0.3 is 14.8 Å². The average Bonchev–Trinajstić information content (AvgIpc) is 3.49. The summed E-state index contributed by atoms with van der Waals surface area (Å²) in [5.74, 6) is 2.80. The van der Waals surface area contributed by atoms with Gasteiger partial charge in [-0.15, -0.1) is 0 Å². The predicted molar refractivity (Wildman–Crippen MR) is 199 cm³/mol. The molecular weight excluding hydrogens is 651 g/mol. The maximum Gasteiger partial charge on any atom is 0.324 e. The van der Waals surface area contributed by atoms with Crippen molar-refractivity contribution in [2.24, 2.45) is 4.36 Å². The summed E-state index contributed by atoms with van der Waals surface area (Å²) in [4.78, 5) is 22.5. The SMILES string of the molecule is COc1cc(Cc2nccc(Oc3ccc(NC(=O)Nc4cc(C(C)C)nn4-c4ccc(C)cc4)c4ccccc34)n2)cc(N=S(C)(C)=O)c1. The van der Waals surface area contributed by atoms with Gasteiger partial charge in [-0.05, 0) is 54.8 Å². The van der Waals surface area contributed by atoms with Gasteiger partial charge in [-0.1, -0.05) is 55.8 Å². The van der Waals surface area contributed by atoms with Crippen molar-refractivity contribution in [1.29, 1.82) is 0 Å². The average molecular weight is 690 g/mol. The zero-order valence-electron chi connectivity index (χ0n) is 28.8. The van der Waals surface area contributed by atoms with Crippen LogP contribution in [0.3, 0.4) is 0 Å². The zero-order valence-corrected chi connectivity index (χ0v) is 29.6.